The Morgan fingerprint density at radius 3 is 2.58 bits per heavy atom. The van der Waals surface area contributed by atoms with Gasteiger partial charge in [-0.05, 0) is 61.1 Å². The van der Waals surface area contributed by atoms with E-state index >= 15 is 0 Å². The molecule has 6 heteroatoms. The molecule has 0 radical (unpaired) electrons. The molecule has 0 bridgehead atoms. The van der Waals surface area contributed by atoms with Gasteiger partial charge in [-0.15, -0.1) is 0 Å². The molecular weight excluding hydrogens is 455 g/mol. The van der Waals surface area contributed by atoms with E-state index in [-0.39, 0.29) is 24.0 Å². The molecule has 4 rings (SSSR count). The number of carbonyl (C=O) groups excluding carboxylic acids is 2. The first-order valence-electron chi connectivity index (χ1n) is 12.6. The number of anilines is 2. The second-order valence-electron chi connectivity index (χ2n) is 9.17. The van der Waals surface area contributed by atoms with Crippen molar-refractivity contribution in [1.29, 1.82) is 0 Å². The van der Waals surface area contributed by atoms with Gasteiger partial charge < -0.3 is 14.5 Å². The predicted octanol–water partition coefficient (Wildman–Crippen LogP) is 5.59. The monoisotopic (exact) mass is 488 g/mol. The van der Waals surface area contributed by atoms with Gasteiger partial charge in [0, 0.05) is 43.5 Å². The largest absolute Gasteiger partial charge is 0.466 e. The number of hydrogen-bond donors (Lipinski definition) is 0. The number of halogens is 1. The molecule has 1 aliphatic rings. The van der Waals surface area contributed by atoms with Crippen LogP contribution in [0, 0.1) is 5.82 Å². The number of carbonyl (C=O) groups is 2. The smallest absolute Gasteiger partial charge is 0.306 e. The van der Waals surface area contributed by atoms with Crippen molar-refractivity contribution in [3.05, 3.63) is 94.8 Å². The molecule has 188 valence electrons. The minimum absolute atomic E-state index is 0.115. The molecule has 0 N–H and O–H groups in total. The number of rotatable bonds is 10. The van der Waals surface area contributed by atoms with E-state index in [2.05, 4.69) is 17.0 Å². The lowest BCUT2D eigenvalue weighted by Gasteiger charge is -2.33. The number of esters is 1. The zero-order valence-electron chi connectivity index (χ0n) is 21.0. The molecule has 1 aliphatic heterocycles. The van der Waals surface area contributed by atoms with E-state index in [9.17, 15) is 14.0 Å². The molecule has 0 aromatic heterocycles. The molecule has 3 aromatic rings. The second-order valence-corrected chi connectivity index (χ2v) is 9.17. The number of Topliss-reactive ketones (excluding diaryl/α,β-unsaturated/α-hetero) is 1. The number of hydrogen-bond acceptors (Lipinski definition) is 5. The van der Waals surface area contributed by atoms with Gasteiger partial charge in [-0.1, -0.05) is 48.5 Å². The predicted molar refractivity (Wildman–Crippen MR) is 141 cm³/mol. The Balaban J connectivity index is 1.46. The summed E-state index contributed by atoms with van der Waals surface area (Å²) >= 11 is 0. The molecule has 1 heterocycles. The number of nitrogens with zero attached hydrogens (tertiary/aromatic N) is 2. The van der Waals surface area contributed by atoms with Crippen molar-refractivity contribution in [3.8, 4) is 0 Å². The fraction of sp³-hybridized carbons (Fsp3) is 0.333. The third kappa shape index (κ3) is 6.11. The summed E-state index contributed by atoms with van der Waals surface area (Å²) in [6, 6.07) is 20.8. The van der Waals surface area contributed by atoms with Crippen molar-refractivity contribution >= 4 is 23.1 Å². The van der Waals surface area contributed by atoms with Crippen molar-refractivity contribution in [1.82, 2.24) is 0 Å². The Labute approximate surface area is 212 Å². The fourth-order valence-electron chi connectivity index (χ4n) is 4.77. The van der Waals surface area contributed by atoms with Crippen LogP contribution in [0.15, 0.2) is 66.7 Å². The molecule has 36 heavy (non-hydrogen) atoms. The summed E-state index contributed by atoms with van der Waals surface area (Å²) in [5, 5.41) is 0. The summed E-state index contributed by atoms with van der Waals surface area (Å²) in [7, 11) is 1.95. The highest BCUT2D eigenvalue weighted by molar-refractivity contribution is 5.99. The average Bonchev–Trinajstić information content (AvgIpc) is 2.89. The molecule has 0 saturated carbocycles. The summed E-state index contributed by atoms with van der Waals surface area (Å²) in [6.45, 7) is 3.92. The van der Waals surface area contributed by atoms with Crippen LogP contribution in [0.5, 0.6) is 0 Å². The van der Waals surface area contributed by atoms with Gasteiger partial charge >= 0.3 is 5.97 Å². The van der Waals surface area contributed by atoms with Crippen LogP contribution in [0.2, 0.25) is 0 Å². The van der Waals surface area contributed by atoms with E-state index in [0.717, 1.165) is 36.3 Å². The lowest BCUT2D eigenvalue weighted by molar-refractivity contribution is -0.143. The lowest BCUT2D eigenvalue weighted by atomic mass is 9.95. The molecule has 3 aromatic carbocycles. The van der Waals surface area contributed by atoms with Crippen LogP contribution < -0.4 is 9.80 Å². The SMILES string of the molecule is CCOC(=O)CCc1ccc(N(C)Cc2cccc3c2CCCN3CC(=O)c2ccccc2)cc1F. The van der Waals surface area contributed by atoms with Crippen LogP contribution >= 0.6 is 0 Å². The van der Waals surface area contributed by atoms with Gasteiger partial charge in [0.1, 0.15) is 5.82 Å². The number of aryl methyl sites for hydroxylation is 1. The van der Waals surface area contributed by atoms with Gasteiger partial charge in [-0.25, -0.2) is 4.39 Å². The van der Waals surface area contributed by atoms with Crippen LogP contribution in [0.3, 0.4) is 0 Å². The van der Waals surface area contributed by atoms with Crippen molar-refractivity contribution < 1.29 is 18.7 Å². The summed E-state index contributed by atoms with van der Waals surface area (Å²) in [5.41, 5.74) is 5.56. The maximum atomic E-state index is 14.8. The van der Waals surface area contributed by atoms with Crippen LogP contribution in [0.4, 0.5) is 15.8 Å². The van der Waals surface area contributed by atoms with Crippen LogP contribution in [-0.2, 0) is 28.9 Å². The Bertz CT molecular complexity index is 1210. The Morgan fingerprint density at radius 1 is 1.03 bits per heavy atom. The third-order valence-corrected chi connectivity index (χ3v) is 6.66. The quantitative estimate of drug-likeness (QED) is 0.275. The zero-order valence-corrected chi connectivity index (χ0v) is 21.0. The first-order valence-corrected chi connectivity index (χ1v) is 12.6. The van der Waals surface area contributed by atoms with Gasteiger partial charge in [-0.2, -0.15) is 0 Å². The molecule has 0 fully saturated rings. The summed E-state index contributed by atoms with van der Waals surface area (Å²) < 4.78 is 19.7. The number of ether oxygens (including phenoxy) is 1. The number of benzene rings is 3. The normalized spacial score (nSPS) is 12.7. The molecular formula is C30H33FN2O3. The Hall–Kier alpha value is -3.67. The van der Waals surface area contributed by atoms with Crippen LogP contribution in [0.1, 0.15) is 46.8 Å². The van der Waals surface area contributed by atoms with Gasteiger partial charge in [0.2, 0.25) is 0 Å². The molecule has 0 atom stereocenters. The van der Waals surface area contributed by atoms with E-state index in [1.807, 2.05) is 54.4 Å². The molecule has 0 spiro atoms. The van der Waals surface area contributed by atoms with E-state index in [1.54, 1.807) is 13.0 Å². The van der Waals surface area contributed by atoms with E-state index in [1.165, 1.54) is 17.2 Å². The standard InChI is InChI=1S/C30H33FN2O3/c1-3-36-30(35)17-15-22-14-16-25(19-27(22)31)32(2)20-24-11-7-13-28-26(24)12-8-18-33(28)21-29(34)23-9-5-4-6-10-23/h4-7,9-11,13-14,16,19H,3,8,12,15,17-18,20-21H2,1-2H3. The second kappa shape index (κ2) is 11.8. The minimum atomic E-state index is -0.315. The van der Waals surface area contributed by atoms with E-state index < -0.39 is 0 Å². The molecule has 0 aliphatic carbocycles. The zero-order chi connectivity index (χ0) is 25.5. The lowest BCUT2D eigenvalue weighted by Crippen LogP contribution is -2.35. The van der Waals surface area contributed by atoms with Gasteiger partial charge in [0.25, 0.3) is 0 Å². The molecule has 0 amide bonds. The van der Waals surface area contributed by atoms with Gasteiger partial charge in [0.15, 0.2) is 5.78 Å². The topological polar surface area (TPSA) is 49.9 Å². The average molecular weight is 489 g/mol. The van der Waals surface area contributed by atoms with Crippen LogP contribution in [0.25, 0.3) is 0 Å². The first-order chi connectivity index (χ1) is 17.5. The van der Waals surface area contributed by atoms with Gasteiger partial charge in [-0.3, -0.25) is 9.59 Å². The van der Waals surface area contributed by atoms with Crippen molar-refractivity contribution in [3.63, 3.8) is 0 Å². The Kier molecular flexibility index (Phi) is 8.36. The highest BCUT2D eigenvalue weighted by atomic mass is 19.1. The van der Waals surface area contributed by atoms with Gasteiger partial charge in [0.05, 0.1) is 13.2 Å². The first kappa shape index (κ1) is 25.4. The number of fused-ring (bicyclic) bond motifs is 1. The maximum Gasteiger partial charge on any atom is 0.306 e. The summed E-state index contributed by atoms with van der Waals surface area (Å²) in [6.07, 6.45) is 2.42. The minimum Gasteiger partial charge on any atom is -0.466 e. The fourth-order valence-corrected chi connectivity index (χ4v) is 4.77. The molecule has 5 nitrogen and oxygen atoms in total. The maximum absolute atomic E-state index is 14.8. The summed E-state index contributed by atoms with van der Waals surface area (Å²) in [4.78, 5) is 28.6. The van der Waals surface area contributed by atoms with Crippen molar-refractivity contribution in [2.75, 3.05) is 36.5 Å². The number of ketones is 1. The highest BCUT2D eigenvalue weighted by Gasteiger charge is 2.22. The van der Waals surface area contributed by atoms with Crippen molar-refractivity contribution in [2.45, 2.75) is 39.2 Å². The summed E-state index contributed by atoms with van der Waals surface area (Å²) in [5.74, 6) is -0.514. The third-order valence-electron chi connectivity index (χ3n) is 6.66. The molecule has 0 saturated heterocycles. The Morgan fingerprint density at radius 2 is 1.83 bits per heavy atom. The van der Waals surface area contributed by atoms with E-state index in [4.69, 9.17) is 4.74 Å². The highest BCUT2D eigenvalue weighted by Crippen LogP contribution is 2.31. The van der Waals surface area contributed by atoms with Crippen LogP contribution in [-0.4, -0.2) is 38.5 Å². The molecule has 0 unspecified atom stereocenters. The van der Waals surface area contributed by atoms with Crippen molar-refractivity contribution in [2.24, 2.45) is 0 Å². The van der Waals surface area contributed by atoms with E-state index in [0.29, 0.717) is 31.7 Å².